The van der Waals surface area contributed by atoms with Gasteiger partial charge in [0.25, 0.3) is 20.2 Å². The molecule has 3 atom stereocenters. The summed E-state index contributed by atoms with van der Waals surface area (Å²) in [5, 5.41) is 24.7. The van der Waals surface area contributed by atoms with Crippen molar-refractivity contribution in [3.8, 4) is 0 Å². The number of allylic oxidation sites excluding steroid dienone is 4. The van der Waals surface area contributed by atoms with Crippen molar-refractivity contribution in [2.24, 2.45) is 31.9 Å². The van der Waals surface area contributed by atoms with Crippen molar-refractivity contribution in [1.29, 1.82) is 0 Å². The third-order valence-electron chi connectivity index (χ3n) is 8.14. The maximum Gasteiger partial charge on any atom is 0.397 e. The number of nitrogens with zero attached hydrogens (tertiary/aromatic N) is 5. The van der Waals surface area contributed by atoms with Crippen LogP contribution in [0.5, 0.6) is 0 Å². The first kappa shape index (κ1) is 41.1. The monoisotopic (exact) mass is 842 g/mol. The molecule has 3 unspecified atom stereocenters. The molecule has 2 aromatic rings. The number of aliphatic imine (C=N–C) groups is 2. The molecule has 0 saturated heterocycles. The molecule has 55 heavy (non-hydrogen) atoms. The summed E-state index contributed by atoms with van der Waals surface area (Å²) in [5.74, 6) is -1.84. The standard InChI is InChI=1S/C30H34N8O13S4/c1-3-26-33-29(35-30(34-26)38(2)19-5-4-6-20(15-19)52(40,41)12-11-51-55(48,49)50)32-18-8-10-23(25(14-18)54(45,46)47)36-37-28-22(31)9-7-17-13-21(53(42,43)44)16-24(39)27(17)28/h4-10,13-16,27-28,30,39H,3,11-12,31H2,1-2H3,(H,42,43,44)(H,45,46,47)(H,48,49,50)(H2,32,33,34,35)/b37-36-. The minimum atomic E-state index is -4.94. The molecule has 1 aliphatic heterocycles. The molecule has 3 aliphatic rings. The van der Waals surface area contributed by atoms with Crippen LogP contribution in [0.2, 0.25) is 0 Å². The number of guanidine groups is 1. The fourth-order valence-electron chi connectivity index (χ4n) is 5.41. The molecule has 0 fully saturated rings. The molecule has 0 radical (unpaired) electrons. The van der Waals surface area contributed by atoms with Gasteiger partial charge in [0.15, 0.2) is 9.84 Å². The molecule has 296 valence electrons. The SMILES string of the molecule is CCC1=NC(Nc2ccc(/N=N\C3C(N)=CC=C4C=C(S(=O)(=O)O)C=C(O)C43)c(S(=O)(=O)O)c2)=NC(N(C)c2cccc(S(=O)(=O)CCOS(=O)(=O)O)c2)N1. The zero-order valence-electron chi connectivity index (χ0n) is 28.6. The largest absolute Gasteiger partial charge is 0.512 e. The Hall–Kier alpha value is -5.02. The number of nitrogens with one attached hydrogen (secondary N) is 2. The number of amidine groups is 1. The van der Waals surface area contributed by atoms with Crippen LogP contribution < -0.4 is 21.3 Å². The number of nitrogens with two attached hydrogens (primary N) is 1. The maximum absolute atomic E-state index is 12.8. The highest BCUT2D eigenvalue weighted by Crippen LogP contribution is 2.38. The van der Waals surface area contributed by atoms with Gasteiger partial charge in [-0.15, -0.1) is 0 Å². The van der Waals surface area contributed by atoms with E-state index in [1.807, 2.05) is 0 Å². The van der Waals surface area contributed by atoms with Crippen LogP contribution in [0.4, 0.5) is 17.1 Å². The predicted molar refractivity (Wildman–Crippen MR) is 199 cm³/mol. The van der Waals surface area contributed by atoms with Crippen LogP contribution in [0.1, 0.15) is 13.3 Å². The van der Waals surface area contributed by atoms with Crippen LogP contribution in [0, 0.1) is 5.92 Å². The highest BCUT2D eigenvalue weighted by Gasteiger charge is 2.36. The van der Waals surface area contributed by atoms with Crippen LogP contribution >= 0.6 is 0 Å². The van der Waals surface area contributed by atoms with Gasteiger partial charge in [0.05, 0.1) is 28.1 Å². The van der Waals surface area contributed by atoms with Gasteiger partial charge in [-0.05, 0) is 60.2 Å². The smallest absolute Gasteiger partial charge is 0.397 e. The zero-order valence-corrected chi connectivity index (χ0v) is 31.9. The van der Waals surface area contributed by atoms with E-state index < -0.39 is 86.6 Å². The van der Waals surface area contributed by atoms with Crippen molar-refractivity contribution in [3.63, 3.8) is 0 Å². The molecule has 2 aliphatic carbocycles. The molecule has 25 heteroatoms. The number of sulfone groups is 1. The molecule has 8 N–H and O–H groups in total. The second kappa shape index (κ2) is 15.6. The Bertz CT molecular complexity index is 2570. The predicted octanol–water partition coefficient (Wildman–Crippen LogP) is 2.20. The molecular weight excluding hydrogens is 809 g/mol. The van der Waals surface area contributed by atoms with Crippen molar-refractivity contribution >= 4 is 69.3 Å². The van der Waals surface area contributed by atoms with Crippen LogP contribution in [0.25, 0.3) is 0 Å². The summed E-state index contributed by atoms with van der Waals surface area (Å²) in [6.07, 6.45) is 4.25. The van der Waals surface area contributed by atoms with Gasteiger partial charge < -0.3 is 26.4 Å². The van der Waals surface area contributed by atoms with Crippen LogP contribution in [-0.2, 0) is 44.7 Å². The van der Waals surface area contributed by atoms with Gasteiger partial charge in [0.1, 0.15) is 28.2 Å². The second-order valence-electron chi connectivity index (χ2n) is 11.9. The molecule has 0 aromatic heterocycles. The third kappa shape index (κ3) is 10.00. The van der Waals surface area contributed by atoms with Crippen LogP contribution in [-0.4, -0.2) is 96.0 Å². The lowest BCUT2D eigenvalue weighted by atomic mass is 9.82. The van der Waals surface area contributed by atoms with Gasteiger partial charge in [-0.3, -0.25) is 13.7 Å². The summed E-state index contributed by atoms with van der Waals surface area (Å²) < 4.78 is 128. The van der Waals surface area contributed by atoms with E-state index in [1.54, 1.807) is 24.9 Å². The summed E-state index contributed by atoms with van der Waals surface area (Å²) in [6.45, 7) is 0.988. The molecular formula is C30H34N8O13S4. The number of hydrogen-bond donors (Lipinski definition) is 7. The van der Waals surface area contributed by atoms with Gasteiger partial charge in [-0.2, -0.15) is 35.5 Å². The van der Waals surface area contributed by atoms with Gasteiger partial charge in [-0.1, -0.05) is 19.1 Å². The van der Waals surface area contributed by atoms with Crippen LogP contribution in [0.3, 0.4) is 0 Å². The lowest BCUT2D eigenvalue weighted by molar-refractivity contribution is 0.284. The zero-order chi connectivity index (χ0) is 40.5. The Balaban J connectivity index is 1.39. The molecule has 2 aromatic carbocycles. The number of azo groups is 1. The van der Waals surface area contributed by atoms with Crippen LogP contribution in [0.15, 0.2) is 119 Å². The highest BCUT2D eigenvalue weighted by molar-refractivity contribution is 7.91. The maximum atomic E-state index is 12.8. The highest BCUT2D eigenvalue weighted by atomic mass is 32.3. The fraction of sp³-hybridized carbons (Fsp3) is 0.267. The Morgan fingerprint density at radius 3 is 2.36 bits per heavy atom. The van der Waals surface area contributed by atoms with Crippen molar-refractivity contribution in [1.82, 2.24) is 5.32 Å². The molecule has 0 bridgehead atoms. The van der Waals surface area contributed by atoms with Crippen molar-refractivity contribution in [2.45, 2.75) is 35.5 Å². The lowest BCUT2D eigenvalue weighted by Gasteiger charge is -2.31. The molecule has 0 amide bonds. The van der Waals surface area contributed by atoms with Crippen molar-refractivity contribution < 1.29 is 56.6 Å². The fourth-order valence-corrected chi connectivity index (χ4v) is 8.14. The number of fused-ring (bicyclic) bond motifs is 1. The lowest BCUT2D eigenvalue weighted by Crippen LogP contribution is -2.48. The molecule has 5 rings (SSSR count). The van der Waals surface area contributed by atoms with E-state index in [9.17, 15) is 47.9 Å². The minimum absolute atomic E-state index is 0.00874. The van der Waals surface area contributed by atoms with E-state index >= 15 is 0 Å². The van der Waals surface area contributed by atoms with E-state index in [-0.39, 0.29) is 33.5 Å². The first-order valence-corrected chi connectivity index (χ1v) is 21.6. The van der Waals surface area contributed by atoms with Gasteiger partial charge in [-0.25, -0.2) is 22.6 Å². The topological polar surface area (TPSA) is 329 Å². The average Bonchev–Trinajstić information content (AvgIpc) is 3.09. The quantitative estimate of drug-likeness (QED) is 0.112. The third-order valence-corrected chi connectivity index (χ3v) is 12.0. The van der Waals surface area contributed by atoms with Gasteiger partial charge >= 0.3 is 10.4 Å². The van der Waals surface area contributed by atoms with E-state index in [2.05, 4.69) is 35.0 Å². The number of rotatable bonds is 13. The number of aliphatic hydroxyl groups is 1. The second-order valence-corrected chi connectivity index (χ2v) is 17.9. The van der Waals surface area contributed by atoms with Gasteiger partial charge in [0, 0.05) is 30.5 Å². The summed E-state index contributed by atoms with van der Waals surface area (Å²) in [6, 6.07) is 8.17. The first-order chi connectivity index (χ1) is 25.6. The van der Waals surface area contributed by atoms with E-state index in [0.717, 1.165) is 18.2 Å². The summed E-state index contributed by atoms with van der Waals surface area (Å²) in [7, 11) is -16.9. The molecule has 1 heterocycles. The van der Waals surface area contributed by atoms with E-state index in [1.165, 1.54) is 42.5 Å². The Labute approximate surface area is 315 Å². The number of aliphatic hydroxyl groups excluding tert-OH is 1. The van der Waals surface area contributed by atoms with E-state index in [0.29, 0.717) is 17.9 Å². The van der Waals surface area contributed by atoms with Gasteiger partial charge in [0.2, 0.25) is 12.2 Å². The average molecular weight is 843 g/mol. The Morgan fingerprint density at radius 1 is 0.982 bits per heavy atom. The number of benzene rings is 2. The Morgan fingerprint density at radius 2 is 1.71 bits per heavy atom. The summed E-state index contributed by atoms with van der Waals surface area (Å²) in [4.78, 5) is 9.05. The van der Waals surface area contributed by atoms with E-state index in [4.69, 9.17) is 10.3 Å². The molecule has 0 spiro atoms. The molecule has 21 nitrogen and oxygen atoms in total. The summed E-state index contributed by atoms with van der Waals surface area (Å²) >= 11 is 0. The number of anilines is 2. The Kier molecular flexibility index (Phi) is 11.7. The molecule has 0 saturated carbocycles. The normalized spacial score (nSPS) is 20.6. The summed E-state index contributed by atoms with van der Waals surface area (Å²) in [5.41, 5.74) is 6.53. The van der Waals surface area contributed by atoms with Crippen molar-refractivity contribution in [2.75, 3.05) is 29.6 Å². The number of hydrogen-bond acceptors (Lipinski definition) is 18. The minimum Gasteiger partial charge on any atom is -0.512 e. The first-order valence-electron chi connectivity index (χ1n) is 15.7. The van der Waals surface area contributed by atoms with Crippen molar-refractivity contribution in [3.05, 3.63) is 88.7 Å².